The van der Waals surface area contributed by atoms with E-state index in [1.807, 2.05) is 12.1 Å². The first-order valence-corrected chi connectivity index (χ1v) is 13.2. The van der Waals surface area contributed by atoms with Crippen LogP contribution in [0.1, 0.15) is 11.1 Å². The van der Waals surface area contributed by atoms with Crippen LogP contribution in [0.15, 0.2) is 69.0 Å². The van der Waals surface area contributed by atoms with Crippen LogP contribution in [0.5, 0.6) is 5.75 Å². The molecule has 0 aromatic heterocycles. The zero-order valence-electron chi connectivity index (χ0n) is 17.4. The minimum absolute atomic E-state index is 0.00900. The summed E-state index contributed by atoms with van der Waals surface area (Å²) < 4.78 is 7.40. The summed E-state index contributed by atoms with van der Waals surface area (Å²) in [4.78, 5) is 27.9. The highest BCUT2D eigenvalue weighted by Crippen LogP contribution is 2.37. The van der Waals surface area contributed by atoms with Gasteiger partial charge in [-0.25, -0.2) is 4.99 Å². The summed E-state index contributed by atoms with van der Waals surface area (Å²) in [6.07, 6.45) is 1.75. The van der Waals surface area contributed by atoms with E-state index in [2.05, 4.69) is 48.8 Å². The summed E-state index contributed by atoms with van der Waals surface area (Å²) in [5, 5.41) is 14.8. The number of nitrogens with zero attached hydrogens (tertiary/aromatic N) is 2. The summed E-state index contributed by atoms with van der Waals surface area (Å²) in [5.41, 5.74) is 1.93. The fourth-order valence-electron chi connectivity index (χ4n) is 3.04. The van der Waals surface area contributed by atoms with Crippen LogP contribution in [0.3, 0.4) is 0 Å². The number of halogens is 4. The van der Waals surface area contributed by atoms with Gasteiger partial charge in [0.2, 0.25) is 0 Å². The van der Waals surface area contributed by atoms with E-state index in [4.69, 9.17) is 27.9 Å². The van der Waals surface area contributed by atoms with E-state index >= 15 is 0 Å². The molecule has 0 radical (unpaired) electrons. The second kappa shape index (κ2) is 11.3. The van der Waals surface area contributed by atoms with E-state index in [1.54, 1.807) is 36.4 Å². The molecule has 12 heteroatoms. The second-order valence-corrected chi connectivity index (χ2v) is 10.9. The highest BCUT2D eigenvalue weighted by Gasteiger charge is 2.24. The molecule has 0 aliphatic carbocycles. The summed E-state index contributed by atoms with van der Waals surface area (Å²) in [7, 11) is 0. The zero-order valence-corrected chi connectivity index (χ0v) is 23.5. The van der Waals surface area contributed by atoms with Gasteiger partial charge in [-0.2, -0.15) is 0 Å². The summed E-state index contributed by atoms with van der Waals surface area (Å²) in [6, 6.07) is 15.1. The molecule has 3 aromatic rings. The molecule has 1 aliphatic rings. The maximum absolute atomic E-state index is 12.5. The molecule has 0 unspecified atom stereocenters. The van der Waals surface area contributed by atoms with E-state index in [-0.39, 0.29) is 18.2 Å². The Morgan fingerprint density at radius 3 is 2.71 bits per heavy atom. The topological polar surface area (TPSA) is 93.8 Å². The van der Waals surface area contributed by atoms with Crippen LogP contribution in [0.4, 0.5) is 11.4 Å². The van der Waals surface area contributed by atoms with Crippen LogP contribution < -0.4 is 10.1 Å². The molecule has 3 aromatic carbocycles. The number of non-ortho nitro benzene ring substituents is 1. The minimum atomic E-state index is -0.442. The van der Waals surface area contributed by atoms with Crippen molar-refractivity contribution in [2.24, 2.45) is 4.99 Å². The first-order valence-electron chi connectivity index (χ1n) is 9.80. The minimum Gasteiger partial charge on any atom is -0.487 e. The first kappa shape index (κ1) is 26.0. The van der Waals surface area contributed by atoms with Crippen molar-refractivity contribution < 1.29 is 14.5 Å². The molecule has 4 rings (SSSR count). The first-order chi connectivity index (χ1) is 16.7. The largest absolute Gasteiger partial charge is 0.487 e. The Hall–Kier alpha value is -2.12. The molecule has 7 nitrogen and oxygen atoms in total. The molecule has 0 atom stereocenters. The zero-order chi connectivity index (χ0) is 25.1. The van der Waals surface area contributed by atoms with E-state index in [9.17, 15) is 14.9 Å². The van der Waals surface area contributed by atoms with Gasteiger partial charge in [0.05, 0.1) is 33.6 Å². The Kier molecular flexibility index (Phi) is 8.38. The molecule has 0 spiro atoms. The van der Waals surface area contributed by atoms with Gasteiger partial charge < -0.3 is 10.1 Å². The third kappa shape index (κ3) is 6.36. The summed E-state index contributed by atoms with van der Waals surface area (Å²) in [5.74, 6) is 0.324. The Balaban J connectivity index is 1.51. The van der Waals surface area contributed by atoms with Crippen molar-refractivity contribution in [1.82, 2.24) is 5.32 Å². The van der Waals surface area contributed by atoms with Gasteiger partial charge in [-0.15, -0.1) is 0 Å². The van der Waals surface area contributed by atoms with Crippen molar-refractivity contribution in [1.29, 1.82) is 0 Å². The number of nitro groups is 1. The maximum Gasteiger partial charge on any atom is 0.269 e. The number of thioether (sulfide) groups is 1. The van der Waals surface area contributed by atoms with Crippen molar-refractivity contribution in [3.8, 4) is 5.75 Å². The van der Waals surface area contributed by atoms with Crippen molar-refractivity contribution in [2.75, 3.05) is 0 Å². The Morgan fingerprint density at radius 1 is 1.20 bits per heavy atom. The van der Waals surface area contributed by atoms with Gasteiger partial charge in [0.15, 0.2) is 5.17 Å². The van der Waals surface area contributed by atoms with Gasteiger partial charge in [0.1, 0.15) is 12.4 Å². The van der Waals surface area contributed by atoms with Gasteiger partial charge in [0, 0.05) is 12.1 Å². The lowest BCUT2D eigenvalue weighted by atomic mass is 10.2. The number of ether oxygens (including phenoxy) is 1. The number of hydrogen-bond donors (Lipinski definition) is 1. The molecule has 0 saturated carbocycles. The molecule has 178 valence electrons. The highest BCUT2D eigenvalue weighted by molar-refractivity contribution is 14.1. The van der Waals surface area contributed by atoms with Crippen molar-refractivity contribution >= 4 is 102 Å². The fourth-order valence-corrected chi connectivity index (χ4v) is 5.98. The molecule has 1 heterocycles. The molecule has 1 saturated heterocycles. The lowest BCUT2D eigenvalue weighted by molar-refractivity contribution is -0.384. The van der Waals surface area contributed by atoms with Crippen LogP contribution in [-0.2, 0) is 11.4 Å². The van der Waals surface area contributed by atoms with Crippen LogP contribution >= 0.6 is 73.5 Å². The number of aliphatic imine (C=N–C) groups is 1. The van der Waals surface area contributed by atoms with E-state index in [1.165, 1.54) is 23.9 Å². The quantitative estimate of drug-likeness (QED) is 0.123. The molecule has 1 amide bonds. The lowest BCUT2D eigenvalue weighted by Gasteiger charge is -2.11. The smallest absolute Gasteiger partial charge is 0.269 e. The van der Waals surface area contributed by atoms with Gasteiger partial charge in [-0.3, -0.25) is 14.9 Å². The normalized spacial score (nSPS) is 15.5. The number of carbonyl (C=O) groups is 1. The summed E-state index contributed by atoms with van der Waals surface area (Å²) >= 11 is 19.1. The molecule has 35 heavy (non-hydrogen) atoms. The van der Waals surface area contributed by atoms with Gasteiger partial charge in [0.25, 0.3) is 11.6 Å². The SMILES string of the molecule is O=C1NC(=Nc2cccc(Cl)c2Cl)S/C1=C\c1cc(Br)c(OCc2cccc([N+](=O)[O-])c2)c(I)c1. The van der Waals surface area contributed by atoms with Crippen LogP contribution in [0, 0.1) is 13.7 Å². The average molecular weight is 705 g/mol. The molecule has 1 aliphatic heterocycles. The number of rotatable bonds is 6. The molecular weight excluding hydrogens is 692 g/mol. The third-order valence-corrected chi connectivity index (χ3v) is 7.74. The number of nitro benzene ring substituents is 1. The van der Waals surface area contributed by atoms with Crippen molar-refractivity contribution in [2.45, 2.75) is 6.61 Å². The predicted octanol–water partition coefficient (Wildman–Crippen LogP) is 7.74. The Morgan fingerprint density at radius 2 is 1.97 bits per heavy atom. The number of nitrogens with one attached hydrogen (secondary N) is 1. The van der Waals surface area contributed by atoms with Crippen LogP contribution in [0.25, 0.3) is 6.08 Å². The monoisotopic (exact) mass is 703 g/mol. The van der Waals surface area contributed by atoms with Crippen LogP contribution in [0.2, 0.25) is 10.0 Å². The van der Waals surface area contributed by atoms with E-state index < -0.39 is 4.92 Å². The maximum atomic E-state index is 12.5. The number of amidine groups is 1. The van der Waals surface area contributed by atoms with Gasteiger partial charge in [-0.1, -0.05) is 41.4 Å². The van der Waals surface area contributed by atoms with Crippen molar-refractivity contribution in [3.63, 3.8) is 0 Å². The van der Waals surface area contributed by atoms with Crippen molar-refractivity contribution in [3.05, 3.63) is 98.8 Å². The molecule has 1 fully saturated rings. The van der Waals surface area contributed by atoms with Gasteiger partial charge >= 0.3 is 0 Å². The van der Waals surface area contributed by atoms with E-state index in [0.717, 1.165) is 9.13 Å². The summed E-state index contributed by atoms with van der Waals surface area (Å²) in [6.45, 7) is 0.168. The molecule has 1 N–H and O–H groups in total. The molecular formula is C23H13BrCl2IN3O4S. The number of benzene rings is 3. The second-order valence-electron chi connectivity index (χ2n) is 7.08. The number of amides is 1. The standard InChI is InChI=1S/C23H13BrCl2IN3O4S/c24-15-8-13(9-17(27)21(15)34-11-12-3-1-4-14(7-12)30(32)33)10-19-22(31)29-23(35-19)28-18-6-2-5-16(25)20(18)26/h1-10H,11H2,(H,28,29,31)/b19-10-. The van der Waals surface area contributed by atoms with E-state index in [0.29, 0.717) is 41.6 Å². The average Bonchev–Trinajstić information content (AvgIpc) is 3.15. The number of hydrogen-bond acceptors (Lipinski definition) is 6. The third-order valence-electron chi connectivity index (χ3n) is 4.63. The van der Waals surface area contributed by atoms with Gasteiger partial charge in [-0.05, 0) is 91.8 Å². The van der Waals surface area contributed by atoms with Crippen LogP contribution in [-0.4, -0.2) is 16.0 Å². The Bertz CT molecular complexity index is 1390. The fraction of sp³-hybridized carbons (Fsp3) is 0.0435. The Labute approximate surface area is 236 Å². The molecule has 0 bridgehead atoms. The lowest BCUT2D eigenvalue weighted by Crippen LogP contribution is -2.19. The number of carbonyl (C=O) groups excluding carboxylic acids is 1. The predicted molar refractivity (Wildman–Crippen MR) is 152 cm³/mol. The highest BCUT2D eigenvalue weighted by atomic mass is 127.